The van der Waals surface area contributed by atoms with Crippen LogP contribution in [0.3, 0.4) is 0 Å². The van der Waals surface area contributed by atoms with Crippen molar-refractivity contribution in [2.75, 3.05) is 18.8 Å². The summed E-state index contributed by atoms with van der Waals surface area (Å²) in [4.78, 5) is 19.4. The van der Waals surface area contributed by atoms with Crippen LogP contribution in [-0.4, -0.2) is 28.9 Å². The molecule has 2 N–H and O–H groups in total. The molecule has 5 heteroatoms. The van der Waals surface area contributed by atoms with Gasteiger partial charge in [0.05, 0.1) is 13.2 Å². The van der Waals surface area contributed by atoms with E-state index in [-0.39, 0.29) is 5.92 Å². The fourth-order valence-corrected chi connectivity index (χ4v) is 4.07. The number of pyridine rings is 1. The number of anilines is 1. The van der Waals surface area contributed by atoms with Crippen LogP contribution in [0, 0.1) is 5.92 Å². The molecule has 1 aliphatic carbocycles. The Labute approximate surface area is 130 Å². The predicted octanol–water partition coefficient (Wildman–Crippen LogP) is 1.81. The summed E-state index contributed by atoms with van der Waals surface area (Å²) in [6, 6.07) is 0. The zero-order valence-electron chi connectivity index (χ0n) is 12.9. The number of aromatic nitrogens is 1. The molecular weight excluding hydrogens is 278 g/mol. The van der Waals surface area contributed by atoms with Crippen molar-refractivity contribution < 1.29 is 9.53 Å². The number of nitrogens with two attached hydrogens (primary N) is 1. The highest BCUT2D eigenvalue weighted by Crippen LogP contribution is 2.35. The van der Waals surface area contributed by atoms with E-state index in [1.165, 1.54) is 17.5 Å². The van der Waals surface area contributed by atoms with Crippen LogP contribution < -0.4 is 5.73 Å². The van der Waals surface area contributed by atoms with Crippen LogP contribution >= 0.6 is 0 Å². The number of ether oxygens (including phenoxy) is 1. The topological polar surface area (TPSA) is 68.5 Å². The van der Waals surface area contributed by atoms with Crippen molar-refractivity contribution in [1.82, 2.24) is 9.88 Å². The standard InChI is InChI=1S/C17H23N3O2/c18-16-14-10-22-9-13(14)12-8-11(4-5-15(12)19-16)17(21)20-6-2-1-3-7-20/h11H,1-10H2,(H2,18,19)/t11-/m0/s1. The van der Waals surface area contributed by atoms with Gasteiger partial charge in [0.25, 0.3) is 0 Å². The van der Waals surface area contributed by atoms with Crippen LogP contribution in [0.2, 0.25) is 0 Å². The first-order valence-electron chi connectivity index (χ1n) is 8.39. The Hall–Kier alpha value is -1.62. The number of likely N-dealkylation sites (tertiary alicyclic amines) is 1. The van der Waals surface area contributed by atoms with Gasteiger partial charge < -0.3 is 15.4 Å². The van der Waals surface area contributed by atoms with E-state index in [9.17, 15) is 4.79 Å². The Bertz CT molecular complexity index is 608. The van der Waals surface area contributed by atoms with Crippen LogP contribution in [0.25, 0.3) is 0 Å². The predicted molar refractivity (Wildman–Crippen MR) is 83.1 cm³/mol. The third-order valence-corrected chi connectivity index (χ3v) is 5.33. The number of amides is 1. The number of fused-ring (bicyclic) bond motifs is 3. The van der Waals surface area contributed by atoms with Gasteiger partial charge in [-0.3, -0.25) is 4.79 Å². The summed E-state index contributed by atoms with van der Waals surface area (Å²) in [5.41, 5.74) is 10.6. The fraction of sp³-hybridized carbons (Fsp3) is 0.647. The van der Waals surface area contributed by atoms with Crippen LogP contribution in [0.15, 0.2) is 0 Å². The average molecular weight is 301 g/mol. The van der Waals surface area contributed by atoms with E-state index < -0.39 is 0 Å². The summed E-state index contributed by atoms with van der Waals surface area (Å²) in [6.45, 7) is 3.05. The lowest BCUT2D eigenvalue weighted by Gasteiger charge is -2.33. The zero-order chi connectivity index (χ0) is 15.1. The van der Waals surface area contributed by atoms with E-state index in [1.54, 1.807) is 0 Å². The molecule has 1 aromatic rings. The van der Waals surface area contributed by atoms with Gasteiger partial charge in [-0.1, -0.05) is 0 Å². The highest BCUT2D eigenvalue weighted by atomic mass is 16.5. The van der Waals surface area contributed by atoms with Gasteiger partial charge in [0, 0.05) is 30.3 Å². The maximum absolute atomic E-state index is 12.8. The van der Waals surface area contributed by atoms with Crippen LogP contribution in [0.1, 0.15) is 48.1 Å². The number of hydrogen-bond acceptors (Lipinski definition) is 4. The van der Waals surface area contributed by atoms with Crippen molar-refractivity contribution >= 4 is 11.7 Å². The molecule has 1 atom stereocenters. The van der Waals surface area contributed by atoms with Crippen molar-refractivity contribution in [3.8, 4) is 0 Å². The second-order valence-electron chi connectivity index (χ2n) is 6.70. The molecule has 4 rings (SSSR count). The molecule has 2 aliphatic heterocycles. The number of aryl methyl sites for hydroxylation is 1. The number of rotatable bonds is 1. The summed E-state index contributed by atoms with van der Waals surface area (Å²) in [5.74, 6) is 1.07. The largest absolute Gasteiger partial charge is 0.383 e. The third kappa shape index (κ3) is 2.28. The summed E-state index contributed by atoms with van der Waals surface area (Å²) < 4.78 is 5.56. The number of hydrogen-bond donors (Lipinski definition) is 1. The summed E-state index contributed by atoms with van der Waals surface area (Å²) >= 11 is 0. The Morgan fingerprint density at radius 1 is 1.14 bits per heavy atom. The molecule has 3 heterocycles. The molecule has 0 saturated carbocycles. The van der Waals surface area contributed by atoms with Gasteiger partial charge in [0.2, 0.25) is 5.91 Å². The first kappa shape index (κ1) is 14.0. The number of nitrogen functional groups attached to an aromatic ring is 1. The summed E-state index contributed by atoms with van der Waals surface area (Å²) in [6.07, 6.45) is 6.12. The fourth-order valence-electron chi connectivity index (χ4n) is 4.07. The maximum Gasteiger partial charge on any atom is 0.226 e. The summed E-state index contributed by atoms with van der Waals surface area (Å²) in [5, 5.41) is 0. The highest BCUT2D eigenvalue weighted by Gasteiger charge is 2.33. The maximum atomic E-state index is 12.8. The van der Waals surface area contributed by atoms with E-state index >= 15 is 0 Å². The second kappa shape index (κ2) is 5.54. The summed E-state index contributed by atoms with van der Waals surface area (Å²) in [7, 11) is 0. The third-order valence-electron chi connectivity index (χ3n) is 5.33. The molecular formula is C17H23N3O2. The molecule has 3 aliphatic rings. The van der Waals surface area contributed by atoms with Gasteiger partial charge in [0.1, 0.15) is 5.82 Å². The SMILES string of the molecule is Nc1nc2c(c3c1COC3)C[C@@H](C(=O)N1CCCCC1)CC2. The number of piperidine rings is 1. The van der Waals surface area contributed by atoms with Crippen molar-refractivity contribution in [1.29, 1.82) is 0 Å². The molecule has 0 radical (unpaired) electrons. The molecule has 0 unspecified atom stereocenters. The molecule has 5 nitrogen and oxygen atoms in total. The quantitative estimate of drug-likeness (QED) is 0.859. The van der Waals surface area contributed by atoms with E-state index in [2.05, 4.69) is 9.88 Å². The minimum absolute atomic E-state index is 0.112. The van der Waals surface area contributed by atoms with Gasteiger partial charge in [-0.2, -0.15) is 0 Å². The van der Waals surface area contributed by atoms with E-state index in [0.29, 0.717) is 24.9 Å². The zero-order valence-corrected chi connectivity index (χ0v) is 12.9. The van der Waals surface area contributed by atoms with Crippen molar-refractivity contribution in [3.63, 3.8) is 0 Å². The van der Waals surface area contributed by atoms with Crippen LogP contribution in [0.4, 0.5) is 5.82 Å². The first-order valence-corrected chi connectivity index (χ1v) is 8.39. The van der Waals surface area contributed by atoms with Crippen LogP contribution in [-0.2, 0) is 35.6 Å². The molecule has 22 heavy (non-hydrogen) atoms. The van der Waals surface area contributed by atoms with Crippen molar-refractivity contribution in [3.05, 3.63) is 22.4 Å². The normalized spacial score (nSPS) is 24.0. The van der Waals surface area contributed by atoms with Crippen LogP contribution in [0.5, 0.6) is 0 Å². The lowest BCUT2D eigenvalue weighted by Crippen LogP contribution is -2.41. The first-order chi connectivity index (χ1) is 10.7. The number of carbonyl (C=O) groups is 1. The lowest BCUT2D eigenvalue weighted by atomic mass is 9.82. The van der Waals surface area contributed by atoms with E-state index in [4.69, 9.17) is 10.5 Å². The molecule has 0 spiro atoms. The van der Waals surface area contributed by atoms with Gasteiger partial charge in [-0.05, 0) is 49.7 Å². The highest BCUT2D eigenvalue weighted by molar-refractivity contribution is 5.79. The monoisotopic (exact) mass is 301 g/mol. The van der Waals surface area contributed by atoms with Gasteiger partial charge >= 0.3 is 0 Å². The molecule has 118 valence electrons. The second-order valence-corrected chi connectivity index (χ2v) is 6.70. The molecule has 1 amide bonds. The molecule has 1 fully saturated rings. The Balaban J connectivity index is 1.59. The minimum atomic E-state index is 0.112. The van der Waals surface area contributed by atoms with E-state index in [1.807, 2.05) is 0 Å². The Kier molecular flexibility index (Phi) is 3.53. The molecule has 1 aromatic heterocycles. The molecule has 1 saturated heterocycles. The van der Waals surface area contributed by atoms with Gasteiger partial charge in [-0.15, -0.1) is 0 Å². The van der Waals surface area contributed by atoms with Crippen molar-refractivity contribution in [2.45, 2.75) is 51.7 Å². The number of carbonyl (C=O) groups excluding carboxylic acids is 1. The lowest BCUT2D eigenvalue weighted by molar-refractivity contribution is -0.136. The molecule has 0 aromatic carbocycles. The number of nitrogens with zero attached hydrogens (tertiary/aromatic N) is 2. The Morgan fingerprint density at radius 3 is 2.73 bits per heavy atom. The average Bonchev–Trinajstić information content (AvgIpc) is 3.05. The van der Waals surface area contributed by atoms with Gasteiger partial charge in [0.15, 0.2) is 0 Å². The Morgan fingerprint density at radius 2 is 1.91 bits per heavy atom. The van der Waals surface area contributed by atoms with Gasteiger partial charge in [-0.25, -0.2) is 4.98 Å². The minimum Gasteiger partial charge on any atom is -0.383 e. The molecule has 0 bridgehead atoms. The van der Waals surface area contributed by atoms with Crippen molar-refractivity contribution in [2.24, 2.45) is 5.92 Å². The smallest absolute Gasteiger partial charge is 0.226 e. The van der Waals surface area contributed by atoms with E-state index in [0.717, 1.165) is 56.5 Å².